The monoisotopic (exact) mass is 2060 g/mol. The van der Waals surface area contributed by atoms with Crippen LogP contribution in [0, 0.1) is 17.8 Å². The van der Waals surface area contributed by atoms with E-state index in [0.717, 1.165) is 50.8 Å². The fourth-order valence-corrected chi connectivity index (χ4v) is 11.5. The van der Waals surface area contributed by atoms with Crippen molar-refractivity contribution in [1.82, 2.24) is 4.72 Å². The molecule has 2 aliphatic rings. The van der Waals surface area contributed by atoms with Crippen LogP contribution in [-0.4, -0.2) is 197 Å². The number of benzene rings is 3. The van der Waals surface area contributed by atoms with Gasteiger partial charge in [-0.25, -0.2) is 41.9 Å². The maximum absolute atomic E-state index is 13.2. The second-order valence-electron chi connectivity index (χ2n) is 34.5. The standard InChI is InChI=1S/C16H16O.C13H21F3O3.C11H17F3O3.C11H12O2.C10H12F6O3.C10H14F2O3.C9H17NO4S.C7H12.C5H9F3O.C5H8O2.CH4O/c1-12(2)13(3)17-11-14-8-9-15-6-4-5-7-16(15)10-14;1-8(2)6-10(19-11(17)9(3)4)7-12(5,18)13(14,15)16;1-5-8(17-9(15)7(2)3)6-10(4,16)11(12,13)14;1-8(2)9(3)13-11-6-4-10(12)5-7-11;1-5(2)7(17)19-6(3)4-8(18,9(11,12)13)10(14,15)16;1-5-8(10(11,12)7(4)13)15-9(14)6(2)3;1-7(2)8(11)14-6-9(3,4)10-15(5,12)13;1-2-7-4-3-6(1)5-7;1-3-4(2,9)5(6,7)8;1-4(2)5(6)7-3;1-2/h4-10H,1,3,11H2,2H3;8,10,18H,3,6-7H2,1-2,4-5H3;8,16H,2,5-6H2,1,3-4H3;4-7,12H,1,3H2,2H3;6,18H,1,4H2,2-3H3;8H,2,5H2,1,3-4H3;10H,1,6H2,2-5H3;6-7H,1-5H2;9H,3H2,1-2H3;1H2,2-3H3;2H,1H3. The predicted molar refractivity (Wildman–Crippen MR) is 500 cm³/mol. The van der Waals surface area contributed by atoms with Crippen molar-refractivity contribution < 1.29 is 185 Å². The number of alkyl halides is 17. The number of methoxy groups -OCH3 is 1. The van der Waals surface area contributed by atoms with Gasteiger partial charge in [0, 0.05) is 66.7 Å². The summed E-state index contributed by atoms with van der Waals surface area (Å²) in [7, 11) is -0.983. The number of allylic oxidation sites excluding steroid dienone is 2. The highest BCUT2D eigenvalue weighted by atomic mass is 32.2. The Bertz CT molecular complexity index is 4610. The van der Waals surface area contributed by atoms with Crippen LogP contribution in [-0.2, 0) is 83.3 Å². The van der Waals surface area contributed by atoms with Gasteiger partial charge in [-0.15, -0.1) is 0 Å². The van der Waals surface area contributed by atoms with Crippen molar-refractivity contribution in [2.24, 2.45) is 17.8 Å². The number of hydrogen-bond acceptors (Lipinski definition) is 23. The van der Waals surface area contributed by atoms with Crippen molar-refractivity contribution in [2.75, 3.05) is 27.1 Å². The Kier molecular flexibility index (Phi) is 63.1. The first-order valence-corrected chi connectivity index (χ1v) is 44.8. The third-order valence-corrected chi connectivity index (χ3v) is 19.9. The van der Waals surface area contributed by atoms with Gasteiger partial charge in [-0.1, -0.05) is 162 Å². The van der Waals surface area contributed by atoms with E-state index < -0.39 is 154 Å². The number of nitrogens with one attached hydrogen (secondary N) is 1. The molecule has 2 saturated carbocycles. The molecule has 140 heavy (non-hydrogen) atoms. The van der Waals surface area contributed by atoms with Crippen molar-refractivity contribution in [1.29, 1.82) is 0 Å². The number of aliphatic hydroxyl groups excluding tert-OH is 1. The third-order valence-electron chi connectivity index (χ3n) is 19.0. The Morgan fingerprint density at radius 3 is 1.13 bits per heavy atom. The van der Waals surface area contributed by atoms with Gasteiger partial charge in [-0.2, -0.15) is 74.6 Å². The number of phenolic OH excluding ortho intramolecular Hbond substituents is 1. The van der Waals surface area contributed by atoms with E-state index in [-0.39, 0.29) is 77.8 Å². The molecule has 2 bridgehead atoms. The number of ketones is 1. The number of sulfonamides is 1. The lowest BCUT2D eigenvalue weighted by molar-refractivity contribution is -0.373. The average molecular weight is 2060 g/mol. The molecule has 0 spiro atoms. The van der Waals surface area contributed by atoms with Crippen LogP contribution in [0.2, 0.25) is 0 Å². The quantitative estimate of drug-likeness (QED) is 0.00729. The van der Waals surface area contributed by atoms with Crippen LogP contribution in [0.1, 0.15) is 221 Å². The molecule has 7 atom stereocenters. The lowest BCUT2D eigenvalue weighted by atomic mass is 9.93. The maximum Gasteiger partial charge on any atom is 0.426 e. The summed E-state index contributed by atoms with van der Waals surface area (Å²) in [5.74, 6) is -4.97. The van der Waals surface area contributed by atoms with E-state index in [1.165, 1.54) is 78.2 Å². The zero-order valence-electron chi connectivity index (χ0n) is 83.8. The van der Waals surface area contributed by atoms with Gasteiger partial charge in [0.1, 0.15) is 54.5 Å². The molecule has 24 nitrogen and oxygen atoms in total. The summed E-state index contributed by atoms with van der Waals surface area (Å²) in [6.07, 6.45) is -25.8. The Labute approximate surface area is 810 Å². The summed E-state index contributed by atoms with van der Waals surface area (Å²) in [4.78, 5) is 76.4. The minimum atomic E-state index is -5.94. The molecule has 0 aliphatic heterocycles. The molecular weight excluding hydrogens is 1910 g/mol. The first-order chi connectivity index (χ1) is 63.1. The molecule has 7 N–H and O–H groups in total. The van der Waals surface area contributed by atoms with Gasteiger partial charge in [0.15, 0.2) is 22.9 Å². The van der Waals surface area contributed by atoms with Crippen LogP contribution in [0.25, 0.3) is 10.8 Å². The number of carbonyl (C=O) groups excluding carboxylic acids is 7. The molecule has 2 aliphatic carbocycles. The highest BCUT2D eigenvalue weighted by Gasteiger charge is 2.71. The zero-order chi connectivity index (χ0) is 112. The summed E-state index contributed by atoms with van der Waals surface area (Å²) in [6, 6.07) is 21.1. The number of esters is 6. The summed E-state index contributed by atoms with van der Waals surface area (Å²) in [6.45, 7) is 62.3. The number of Topliss-reactive ketones (excluding diaryl/α,β-unsaturated/α-hetero) is 1. The number of carbonyl (C=O) groups is 7. The molecule has 2 fully saturated rings. The van der Waals surface area contributed by atoms with Crippen LogP contribution in [0.15, 0.2) is 189 Å². The van der Waals surface area contributed by atoms with Gasteiger partial charge in [0.2, 0.25) is 15.8 Å². The lowest BCUT2D eigenvalue weighted by Crippen LogP contribution is -2.58. The summed E-state index contributed by atoms with van der Waals surface area (Å²) in [5, 5.41) is 54.6. The van der Waals surface area contributed by atoms with Gasteiger partial charge in [-0.05, 0) is 205 Å². The number of phenols is 1. The van der Waals surface area contributed by atoms with E-state index in [4.69, 9.17) is 44.1 Å². The normalized spacial score (nSPS) is 15.3. The van der Waals surface area contributed by atoms with Gasteiger partial charge in [0.05, 0.1) is 18.9 Å². The molecule has 0 heterocycles. The Balaban J connectivity index is -0.000000360. The molecule has 0 aromatic heterocycles. The molecule has 0 amide bonds. The SMILES string of the molecule is C1CC2CCC1C2.C=C(C)C(=C)OCc1ccc2ccccc2c1.C=C(C)C(=C)Oc1ccc(O)cc1.C=C(C)C(=O)OC.C=C(C)C(=O)OC(C)CC(O)(C(F)(F)F)C(F)(F)F.C=C(C)C(=O)OC(CC(C)C)CC(C)(O)C(F)(F)F.C=C(C)C(=O)OC(CC)C(F)(F)C(C)=O.C=C(C)C(=O)OC(CC)CC(C)(O)C(F)(F)F.C=C(C)C(=O)OCC(C)(C)NS(C)(=O)=O.CCC(C)(O)C(F)(F)F.CO. The molecule has 0 radical (unpaired) electrons. The maximum atomic E-state index is 13.2. The van der Waals surface area contributed by atoms with E-state index in [2.05, 4.69) is 115 Å². The second-order valence-corrected chi connectivity index (χ2v) is 36.3. The largest absolute Gasteiger partial charge is 0.508 e. The van der Waals surface area contributed by atoms with Crippen molar-refractivity contribution in [3.8, 4) is 11.5 Å². The van der Waals surface area contributed by atoms with Gasteiger partial charge >= 0.3 is 72.6 Å². The van der Waals surface area contributed by atoms with Crippen LogP contribution >= 0.6 is 0 Å². The number of hydrogen-bond donors (Lipinski definition) is 7. The molecule has 3 aromatic carbocycles. The summed E-state index contributed by atoms with van der Waals surface area (Å²) < 4.78 is 273. The van der Waals surface area contributed by atoms with E-state index in [0.29, 0.717) is 43.3 Å². The minimum absolute atomic E-state index is 0.0211. The number of aromatic hydroxyl groups is 1. The summed E-state index contributed by atoms with van der Waals surface area (Å²) in [5.41, 5.74) is -10.5. The van der Waals surface area contributed by atoms with E-state index in [9.17, 15) is 127 Å². The molecular formula is C98H142F17NO23S. The number of ether oxygens (including phenoxy) is 8. The molecule has 802 valence electrons. The van der Waals surface area contributed by atoms with Crippen molar-refractivity contribution in [3.63, 3.8) is 0 Å². The Hall–Kier alpha value is -10.3. The first kappa shape index (κ1) is 140. The fourth-order valence-electron chi connectivity index (χ4n) is 10.4. The molecule has 7 unspecified atom stereocenters. The number of fused-ring (bicyclic) bond motifs is 3. The Morgan fingerprint density at radius 2 is 0.829 bits per heavy atom. The summed E-state index contributed by atoms with van der Waals surface area (Å²) >= 11 is 0. The molecule has 3 aromatic rings. The van der Waals surface area contributed by atoms with Crippen LogP contribution < -0.4 is 9.46 Å². The van der Waals surface area contributed by atoms with E-state index in [1.54, 1.807) is 97.9 Å². The topological polar surface area (TPSA) is 361 Å². The Morgan fingerprint density at radius 1 is 0.457 bits per heavy atom. The highest BCUT2D eigenvalue weighted by Crippen LogP contribution is 2.47. The third kappa shape index (κ3) is 58.2. The van der Waals surface area contributed by atoms with E-state index >= 15 is 0 Å². The first-order valence-electron chi connectivity index (χ1n) is 42.9. The molecule has 0 saturated heterocycles. The van der Waals surface area contributed by atoms with Gasteiger partial charge < -0.3 is 68.5 Å². The lowest BCUT2D eigenvalue weighted by Gasteiger charge is -2.33. The van der Waals surface area contributed by atoms with Crippen LogP contribution in [0.3, 0.4) is 0 Å². The fraction of sp³-hybridized carbons (Fsp3) is 0.561. The van der Waals surface area contributed by atoms with Crippen LogP contribution in [0.4, 0.5) is 74.6 Å². The average Bonchev–Trinajstić information content (AvgIpc) is 1.06. The van der Waals surface area contributed by atoms with Crippen molar-refractivity contribution >= 4 is 62.4 Å². The molecule has 42 heteroatoms. The smallest absolute Gasteiger partial charge is 0.426 e. The van der Waals surface area contributed by atoms with Gasteiger partial charge in [0.25, 0.3) is 5.60 Å². The number of halogens is 17. The minimum Gasteiger partial charge on any atom is -0.508 e. The van der Waals surface area contributed by atoms with Crippen molar-refractivity contribution in [3.05, 3.63) is 194 Å². The molecule has 5 rings (SSSR count). The van der Waals surface area contributed by atoms with E-state index in [1.807, 2.05) is 26.0 Å². The van der Waals surface area contributed by atoms with Crippen LogP contribution in [0.5, 0.6) is 11.5 Å². The predicted octanol–water partition coefficient (Wildman–Crippen LogP) is 22.7. The van der Waals surface area contributed by atoms with Crippen molar-refractivity contribution in [2.45, 2.75) is 311 Å². The van der Waals surface area contributed by atoms with Gasteiger partial charge in [-0.3, -0.25) is 4.79 Å². The zero-order valence-corrected chi connectivity index (χ0v) is 84.6. The number of aliphatic hydroxyl groups is 5. The number of rotatable bonds is 34. The second kappa shape index (κ2) is 62.9. The highest BCUT2D eigenvalue weighted by molar-refractivity contribution is 7.88.